The van der Waals surface area contributed by atoms with Gasteiger partial charge in [-0.15, -0.1) is 0 Å². The SMILES string of the molecule is CCCCCCCCCCCCS(=O)(=O)O.CCCCCCCCCCCCc1ccccc1S(=O)(=O)O.[H-].[Na+]. The van der Waals surface area contributed by atoms with Crippen LogP contribution in [0.2, 0.25) is 0 Å². The molecule has 1 aromatic rings. The Kier molecular flexibility index (Phi) is 28.4. The second-order valence-corrected chi connectivity index (χ2v) is 13.4. The first-order valence-electron chi connectivity index (χ1n) is 15.1. The van der Waals surface area contributed by atoms with Crippen LogP contribution in [0.1, 0.15) is 149 Å². The summed E-state index contributed by atoms with van der Waals surface area (Å²) in [5, 5.41) is 0. The van der Waals surface area contributed by atoms with E-state index in [0.29, 0.717) is 12.8 Å². The fourth-order valence-electron chi connectivity index (χ4n) is 4.54. The topological polar surface area (TPSA) is 109 Å². The molecule has 1 rings (SSSR count). The molecule has 0 aromatic heterocycles. The van der Waals surface area contributed by atoms with E-state index < -0.39 is 20.2 Å². The predicted molar refractivity (Wildman–Crippen MR) is 161 cm³/mol. The molecule has 0 saturated heterocycles. The van der Waals surface area contributed by atoms with Crippen molar-refractivity contribution in [3.63, 3.8) is 0 Å². The molecule has 1 aromatic carbocycles. The first kappa shape index (κ1) is 41.2. The molecular formula is C30H57NaO6S2. The first-order chi connectivity index (χ1) is 18.1. The Morgan fingerprint density at radius 2 is 0.923 bits per heavy atom. The van der Waals surface area contributed by atoms with Crippen molar-refractivity contribution in [3.8, 4) is 0 Å². The maximum absolute atomic E-state index is 11.3. The summed E-state index contributed by atoms with van der Waals surface area (Å²) in [6.07, 6.45) is 25.0. The number of hydrogen-bond donors (Lipinski definition) is 2. The molecule has 0 spiro atoms. The molecular weight excluding hydrogens is 543 g/mol. The normalized spacial score (nSPS) is 11.5. The summed E-state index contributed by atoms with van der Waals surface area (Å²) in [7, 11) is -7.83. The van der Waals surface area contributed by atoms with Gasteiger partial charge in [0.05, 0.1) is 10.6 Å². The van der Waals surface area contributed by atoms with Gasteiger partial charge in [0, 0.05) is 0 Å². The fraction of sp³-hybridized carbons (Fsp3) is 0.800. The largest absolute Gasteiger partial charge is 1.00 e. The summed E-state index contributed by atoms with van der Waals surface area (Å²) >= 11 is 0. The van der Waals surface area contributed by atoms with Gasteiger partial charge in [-0.2, -0.15) is 16.8 Å². The average molecular weight is 601 g/mol. The molecule has 0 aliphatic rings. The monoisotopic (exact) mass is 600 g/mol. The third-order valence-corrected chi connectivity index (χ3v) is 8.56. The van der Waals surface area contributed by atoms with Gasteiger partial charge < -0.3 is 1.43 Å². The van der Waals surface area contributed by atoms with Crippen molar-refractivity contribution in [2.24, 2.45) is 0 Å². The third kappa shape index (κ3) is 28.0. The Bertz CT molecular complexity index is 895. The smallest absolute Gasteiger partial charge is 1.00 e. The average Bonchev–Trinajstić information content (AvgIpc) is 2.86. The van der Waals surface area contributed by atoms with Gasteiger partial charge in [-0.25, -0.2) is 0 Å². The Morgan fingerprint density at radius 1 is 0.564 bits per heavy atom. The molecule has 0 heterocycles. The zero-order valence-electron chi connectivity index (χ0n) is 26.2. The molecule has 9 heteroatoms. The molecule has 0 fully saturated rings. The van der Waals surface area contributed by atoms with Gasteiger partial charge >= 0.3 is 29.6 Å². The molecule has 2 N–H and O–H groups in total. The van der Waals surface area contributed by atoms with Gasteiger partial charge in [0.2, 0.25) is 0 Å². The van der Waals surface area contributed by atoms with Crippen molar-refractivity contribution in [1.29, 1.82) is 0 Å². The minimum Gasteiger partial charge on any atom is -1.00 e. The minimum atomic E-state index is -4.10. The Balaban J connectivity index is -0.000000683. The quantitative estimate of drug-likeness (QED) is 0.0866. The van der Waals surface area contributed by atoms with E-state index in [1.165, 1.54) is 102 Å². The fourth-order valence-corrected chi connectivity index (χ4v) is 5.86. The van der Waals surface area contributed by atoms with Gasteiger partial charge in [0.15, 0.2) is 0 Å². The van der Waals surface area contributed by atoms with Crippen LogP contribution in [-0.2, 0) is 26.7 Å². The van der Waals surface area contributed by atoms with E-state index in [9.17, 15) is 21.4 Å². The second kappa shape index (κ2) is 26.9. The van der Waals surface area contributed by atoms with E-state index in [1.807, 2.05) is 6.07 Å². The number of rotatable bonds is 23. The summed E-state index contributed by atoms with van der Waals surface area (Å²) in [6.45, 7) is 4.45. The molecule has 0 atom stereocenters. The Morgan fingerprint density at radius 3 is 1.31 bits per heavy atom. The van der Waals surface area contributed by atoms with Gasteiger partial charge in [-0.3, -0.25) is 9.11 Å². The van der Waals surface area contributed by atoms with Gasteiger partial charge in [-0.1, -0.05) is 148 Å². The molecule has 0 amide bonds. The van der Waals surface area contributed by atoms with Crippen molar-refractivity contribution in [3.05, 3.63) is 29.8 Å². The number of hydrogen-bond acceptors (Lipinski definition) is 4. The molecule has 0 unspecified atom stereocenters. The summed E-state index contributed by atoms with van der Waals surface area (Å²) in [5.41, 5.74) is 0.726. The third-order valence-electron chi connectivity index (χ3n) is 6.81. The second-order valence-electron chi connectivity index (χ2n) is 10.5. The number of benzene rings is 1. The van der Waals surface area contributed by atoms with Crippen LogP contribution in [0, 0.1) is 0 Å². The summed E-state index contributed by atoms with van der Waals surface area (Å²) in [5.74, 6) is -0.0799. The van der Waals surface area contributed by atoms with Crippen LogP contribution >= 0.6 is 0 Å². The van der Waals surface area contributed by atoms with Crippen LogP contribution in [0.15, 0.2) is 29.2 Å². The molecule has 6 nitrogen and oxygen atoms in total. The Hall–Kier alpha value is 0.0400. The summed E-state index contributed by atoms with van der Waals surface area (Å²) < 4.78 is 61.1. The zero-order chi connectivity index (χ0) is 28.5. The molecule has 0 bridgehead atoms. The summed E-state index contributed by atoms with van der Waals surface area (Å²) in [6, 6.07) is 6.73. The van der Waals surface area contributed by atoms with E-state index in [4.69, 9.17) is 4.55 Å². The Labute approximate surface area is 264 Å². The van der Waals surface area contributed by atoms with Crippen LogP contribution < -0.4 is 29.6 Å². The standard InChI is InChI=1S/C18H30O3S.C12H26O3S.Na.H/c1-2-3-4-5-6-7-8-9-10-11-14-17-15-12-13-16-18(17)22(19,20)21;1-2-3-4-5-6-7-8-9-10-11-12-16(13,14)15;;/h12-13,15-16H,2-11,14H2,1H3,(H,19,20,21);2-12H2,1H3,(H,13,14,15);;/q;;+1;-1. The van der Waals surface area contributed by atoms with Crippen molar-refractivity contribution in [1.82, 2.24) is 0 Å². The first-order valence-corrected chi connectivity index (χ1v) is 18.2. The molecule has 39 heavy (non-hydrogen) atoms. The van der Waals surface area contributed by atoms with Crippen LogP contribution in [0.25, 0.3) is 0 Å². The van der Waals surface area contributed by atoms with Crippen LogP contribution in [0.3, 0.4) is 0 Å². The van der Waals surface area contributed by atoms with Crippen molar-refractivity contribution >= 4 is 20.2 Å². The van der Waals surface area contributed by atoms with Gasteiger partial charge in [-0.05, 0) is 30.9 Å². The molecule has 0 saturated carbocycles. The maximum Gasteiger partial charge on any atom is 1.00 e. The van der Waals surface area contributed by atoms with E-state index in [-0.39, 0.29) is 41.6 Å². The van der Waals surface area contributed by atoms with E-state index in [2.05, 4.69) is 13.8 Å². The number of unbranched alkanes of at least 4 members (excludes halogenated alkanes) is 18. The van der Waals surface area contributed by atoms with E-state index in [0.717, 1.165) is 31.2 Å². The minimum absolute atomic E-state index is 0. The van der Waals surface area contributed by atoms with Crippen LogP contribution in [-0.4, -0.2) is 31.7 Å². The van der Waals surface area contributed by atoms with Crippen molar-refractivity contribution in [2.75, 3.05) is 5.75 Å². The van der Waals surface area contributed by atoms with Gasteiger partial charge in [0.1, 0.15) is 0 Å². The maximum atomic E-state index is 11.3. The summed E-state index contributed by atoms with van der Waals surface area (Å²) in [4.78, 5) is 0.0610. The molecule has 0 aliphatic carbocycles. The van der Waals surface area contributed by atoms with Gasteiger partial charge in [0.25, 0.3) is 20.2 Å². The number of aryl methyl sites for hydroxylation is 1. The molecule has 0 aliphatic heterocycles. The van der Waals surface area contributed by atoms with Crippen molar-refractivity contribution in [2.45, 2.75) is 154 Å². The van der Waals surface area contributed by atoms with Crippen LogP contribution in [0.5, 0.6) is 0 Å². The van der Waals surface area contributed by atoms with E-state index in [1.54, 1.807) is 12.1 Å². The van der Waals surface area contributed by atoms with Crippen LogP contribution in [0.4, 0.5) is 0 Å². The van der Waals surface area contributed by atoms with Crippen molar-refractivity contribution < 1.29 is 56.9 Å². The molecule has 0 radical (unpaired) electrons. The zero-order valence-corrected chi connectivity index (χ0v) is 28.8. The van der Waals surface area contributed by atoms with E-state index >= 15 is 0 Å². The molecule has 226 valence electrons. The predicted octanol–water partition coefficient (Wildman–Crippen LogP) is 6.31.